The van der Waals surface area contributed by atoms with Crippen molar-refractivity contribution in [2.75, 3.05) is 13.1 Å². The number of hydrogen-bond acceptors (Lipinski definition) is 5. The number of hydrogen-bond donors (Lipinski definition) is 0. The van der Waals surface area contributed by atoms with E-state index < -0.39 is 0 Å². The first kappa shape index (κ1) is 18.8. The molecule has 3 aromatic heterocycles. The van der Waals surface area contributed by atoms with Crippen molar-refractivity contribution < 1.29 is 4.79 Å². The molecule has 0 N–H and O–H groups in total. The number of aromatic nitrogens is 4. The van der Waals surface area contributed by atoms with E-state index in [4.69, 9.17) is 0 Å². The van der Waals surface area contributed by atoms with E-state index in [2.05, 4.69) is 32.5 Å². The zero-order chi connectivity index (χ0) is 19.3. The fourth-order valence-electron chi connectivity index (χ4n) is 3.74. The predicted octanol–water partition coefficient (Wildman–Crippen LogP) is 3.76. The number of thiazole rings is 1. The van der Waals surface area contributed by atoms with Gasteiger partial charge in [-0.15, -0.1) is 11.3 Å². The van der Waals surface area contributed by atoms with Crippen LogP contribution in [0.4, 0.5) is 0 Å². The lowest BCUT2D eigenvalue weighted by atomic mass is 9.95. The molecule has 3 aromatic rings. The first-order valence-electron chi connectivity index (χ1n) is 9.88. The second-order valence-corrected chi connectivity index (χ2v) is 8.16. The minimum Gasteiger partial charge on any atom is -0.337 e. The minimum atomic E-state index is 0.0655. The lowest BCUT2D eigenvalue weighted by Crippen LogP contribution is -2.38. The minimum absolute atomic E-state index is 0.0655. The fourth-order valence-corrected chi connectivity index (χ4v) is 4.62. The van der Waals surface area contributed by atoms with Gasteiger partial charge in [0.1, 0.15) is 11.5 Å². The molecule has 1 amide bonds. The molecule has 1 aliphatic heterocycles. The number of pyridine rings is 1. The summed E-state index contributed by atoms with van der Waals surface area (Å²) in [5.41, 5.74) is 1.77. The van der Waals surface area contributed by atoms with E-state index >= 15 is 0 Å². The highest BCUT2D eigenvalue weighted by Crippen LogP contribution is 2.28. The summed E-state index contributed by atoms with van der Waals surface area (Å²) >= 11 is 1.59. The van der Waals surface area contributed by atoms with Crippen molar-refractivity contribution in [3.8, 4) is 0 Å². The Morgan fingerprint density at radius 2 is 2.14 bits per heavy atom. The summed E-state index contributed by atoms with van der Waals surface area (Å²) in [7, 11) is 0. The number of likely N-dealkylation sites (tertiary alicyclic amines) is 1. The van der Waals surface area contributed by atoms with Crippen LogP contribution in [0.3, 0.4) is 0 Å². The SMILES string of the molecule is CCCc1nc(C(=O)N2CCC(c3nccn3Cc3cccnc3)CC2)cs1. The van der Waals surface area contributed by atoms with Crippen molar-refractivity contribution in [3.63, 3.8) is 0 Å². The molecule has 0 bridgehead atoms. The van der Waals surface area contributed by atoms with Gasteiger partial charge < -0.3 is 9.47 Å². The van der Waals surface area contributed by atoms with Crippen LogP contribution in [0.1, 0.15) is 59.0 Å². The van der Waals surface area contributed by atoms with Crippen LogP contribution in [0.15, 0.2) is 42.3 Å². The third-order valence-electron chi connectivity index (χ3n) is 5.21. The van der Waals surface area contributed by atoms with Gasteiger partial charge in [0.05, 0.1) is 11.6 Å². The third kappa shape index (κ3) is 4.14. The van der Waals surface area contributed by atoms with Crippen LogP contribution >= 0.6 is 11.3 Å². The van der Waals surface area contributed by atoms with Crippen LogP contribution in [-0.4, -0.2) is 43.4 Å². The molecule has 0 atom stereocenters. The summed E-state index contributed by atoms with van der Waals surface area (Å²) in [5, 5.41) is 2.96. The van der Waals surface area contributed by atoms with Gasteiger partial charge in [-0.25, -0.2) is 9.97 Å². The molecule has 0 radical (unpaired) electrons. The molecule has 1 aliphatic rings. The van der Waals surface area contributed by atoms with Crippen molar-refractivity contribution in [1.82, 2.24) is 24.4 Å². The molecule has 146 valence electrons. The van der Waals surface area contributed by atoms with E-state index in [1.165, 1.54) is 5.56 Å². The topological polar surface area (TPSA) is 63.9 Å². The van der Waals surface area contributed by atoms with E-state index in [1.807, 2.05) is 34.9 Å². The highest BCUT2D eigenvalue weighted by molar-refractivity contribution is 7.09. The Morgan fingerprint density at radius 1 is 1.29 bits per heavy atom. The van der Waals surface area contributed by atoms with Gasteiger partial charge in [0.15, 0.2) is 0 Å². The Kier molecular flexibility index (Phi) is 5.81. The van der Waals surface area contributed by atoms with Crippen LogP contribution < -0.4 is 0 Å². The second kappa shape index (κ2) is 8.65. The zero-order valence-electron chi connectivity index (χ0n) is 16.1. The second-order valence-electron chi connectivity index (χ2n) is 7.22. The largest absolute Gasteiger partial charge is 0.337 e. The van der Waals surface area contributed by atoms with Gasteiger partial charge in [-0.3, -0.25) is 9.78 Å². The van der Waals surface area contributed by atoms with Crippen molar-refractivity contribution >= 4 is 17.2 Å². The molecule has 7 heteroatoms. The molecule has 1 fully saturated rings. The van der Waals surface area contributed by atoms with Gasteiger partial charge >= 0.3 is 0 Å². The number of aryl methyl sites for hydroxylation is 1. The Bertz CT molecular complexity index is 912. The number of nitrogens with zero attached hydrogens (tertiary/aromatic N) is 5. The highest BCUT2D eigenvalue weighted by atomic mass is 32.1. The molecule has 1 saturated heterocycles. The van der Waals surface area contributed by atoms with Crippen molar-refractivity contribution in [1.29, 1.82) is 0 Å². The maximum absolute atomic E-state index is 12.8. The van der Waals surface area contributed by atoms with Gasteiger partial charge in [0.25, 0.3) is 5.91 Å². The van der Waals surface area contributed by atoms with Crippen LogP contribution in [-0.2, 0) is 13.0 Å². The number of carbonyl (C=O) groups excluding carboxylic acids is 1. The third-order valence-corrected chi connectivity index (χ3v) is 6.11. The molecule has 0 unspecified atom stereocenters. The maximum atomic E-state index is 12.8. The molecule has 4 heterocycles. The molecule has 4 rings (SSSR count). The zero-order valence-corrected chi connectivity index (χ0v) is 16.9. The summed E-state index contributed by atoms with van der Waals surface area (Å²) in [4.78, 5) is 28.0. The van der Waals surface area contributed by atoms with Gasteiger partial charge in [0.2, 0.25) is 0 Å². The van der Waals surface area contributed by atoms with Crippen molar-refractivity contribution in [3.05, 3.63) is 64.4 Å². The van der Waals surface area contributed by atoms with Crippen LogP contribution in [0.5, 0.6) is 0 Å². The lowest BCUT2D eigenvalue weighted by Gasteiger charge is -2.31. The van der Waals surface area contributed by atoms with Crippen LogP contribution in [0.25, 0.3) is 0 Å². The molecule has 6 nitrogen and oxygen atoms in total. The highest BCUT2D eigenvalue weighted by Gasteiger charge is 2.28. The van der Waals surface area contributed by atoms with E-state index in [0.29, 0.717) is 11.6 Å². The molecular weight excluding hydrogens is 370 g/mol. The maximum Gasteiger partial charge on any atom is 0.273 e. The number of imidazole rings is 1. The molecule has 0 aliphatic carbocycles. The first-order valence-corrected chi connectivity index (χ1v) is 10.8. The van der Waals surface area contributed by atoms with Crippen LogP contribution in [0, 0.1) is 0 Å². The summed E-state index contributed by atoms with van der Waals surface area (Å²) in [6, 6.07) is 4.04. The standard InChI is InChI=1S/C21H25N5OS/c1-2-4-19-24-18(15-28-19)21(27)25-10-6-17(7-11-25)20-23-9-12-26(20)14-16-5-3-8-22-13-16/h3,5,8-9,12-13,15,17H,2,4,6-7,10-11,14H2,1H3. The van der Waals surface area contributed by atoms with E-state index in [0.717, 1.165) is 56.1 Å². The van der Waals surface area contributed by atoms with Gasteiger partial charge in [-0.1, -0.05) is 13.0 Å². The Labute approximate surface area is 169 Å². The fraction of sp³-hybridized carbons (Fsp3) is 0.429. The Hall–Kier alpha value is -2.54. The van der Waals surface area contributed by atoms with E-state index in [1.54, 1.807) is 17.5 Å². The quantitative estimate of drug-likeness (QED) is 0.638. The van der Waals surface area contributed by atoms with E-state index in [9.17, 15) is 4.79 Å². The average Bonchev–Trinajstić information content (AvgIpc) is 3.38. The summed E-state index contributed by atoms with van der Waals surface area (Å²) in [6.45, 7) is 4.42. The first-order chi connectivity index (χ1) is 13.7. The van der Waals surface area contributed by atoms with Gasteiger partial charge in [-0.05, 0) is 37.3 Å². The molecule has 0 aromatic carbocycles. The van der Waals surface area contributed by atoms with Gasteiger partial charge in [-0.2, -0.15) is 0 Å². The number of piperidine rings is 1. The molecule has 0 saturated carbocycles. The number of carbonyl (C=O) groups is 1. The molecule has 0 spiro atoms. The molecule has 28 heavy (non-hydrogen) atoms. The lowest BCUT2D eigenvalue weighted by molar-refractivity contribution is 0.0705. The van der Waals surface area contributed by atoms with Crippen molar-refractivity contribution in [2.45, 2.75) is 45.1 Å². The Morgan fingerprint density at radius 3 is 2.89 bits per heavy atom. The van der Waals surface area contributed by atoms with Crippen molar-refractivity contribution in [2.24, 2.45) is 0 Å². The number of amides is 1. The smallest absolute Gasteiger partial charge is 0.273 e. The van der Waals surface area contributed by atoms with E-state index in [-0.39, 0.29) is 5.91 Å². The summed E-state index contributed by atoms with van der Waals surface area (Å²) in [6.07, 6.45) is 11.4. The summed E-state index contributed by atoms with van der Waals surface area (Å²) in [5.74, 6) is 1.55. The van der Waals surface area contributed by atoms with Crippen LogP contribution in [0.2, 0.25) is 0 Å². The molecular formula is C21H25N5OS. The summed E-state index contributed by atoms with van der Waals surface area (Å²) < 4.78 is 2.20. The predicted molar refractivity (Wildman–Crippen MR) is 110 cm³/mol. The Balaban J connectivity index is 1.38. The average molecular weight is 396 g/mol. The normalized spacial score (nSPS) is 15.1. The number of rotatable bonds is 6. The monoisotopic (exact) mass is 395 g/mol. The van der Waals surface area contributed by atoms with Gasteiger partial charge in [0, 0.05) is 49.2 Å².